The van der Waals surface area contributed by atoms with Crippen molar-refractivity contribution in [2.24, 2.45) is 0 Å². The number of phosphoric acid groups is 2. The van der Waals surface area contributed by atoms with Crippen LogP contribution in [0, 0.1) is 0 Å². The number of phosphoric ester groups is 2. The van der Waals surface area contributed by atoms with E-state index >= 15 is 0 Å². The Kier molecular flexibility index (Phi) is 10.7. The van der Waals surface area contributed by atoms with Crippen LogP contribution in [-0.4, -0.2) is 99.1 Å². The molecular formula is C20H22N10Na2O13P2. The predicted molar refractivity (Wildman–Crippen MR) is 139 cm³/mol. The van der Waals surface area contributed by atoms with Crippen LogP contribution in [0.2, 0.25) is 0 Å². The Hall–Kier alpha value is -1.44. The van der Waals surface area contributed by atoms with Crippen LogP contribution in [0.15, 0.2) is 23.8 Å². The average Bonchev–Trinajstić information content (AvgIpc) is 3.72. The first-order valence-electron chi connectivity index (χ1n) is 12.9. The SMILES string of the molecule is Nc1nc2c(ncn2[C@@H]2O[C@@H]3COP(=O)([O-])O[C@@H]4C(O)[C@@H](COP(=O)([O-])O[C@@H]2C3O)O[C@H]4n2cnc3c(N)ncnc32)c(=O)[nH]1.[Na+].[Na+]. The molecule has 3 saturated heterocycles. The summed E-state index contributed by atoms with van der Waals surface area (Å²) in [5, 5.41) is 22.0. The molecule has 0 amide bonds. The summed E-state index contributed by atoms with van der Waals surface area (Å²) in [5.74, 6) is -0.311. The number of rotatable bonds is 2. The summed E-state index contributed by atoms with van der Waals surface area (Å²) in [5.41, 5.74) is 10.6. The van der Waals surface area contributed by atoms with Gasteiger partial charge < -0.3 is 59.0 Å². The third-order valence-corrected chi connectivity index (χ3v) is 9.24. The molecule has 7 heterocycles. The summed E-state index contributed by atoms with van der Waals surface area (Å²) in [6.45, 7) is -1.81. The maximum absolute atomic E-state index is 13.0. The molecule has 4 bridgehead atoms. The predicted octanol–water partition coefficient (Wildman–Crippen LogP) is -9.60. The number of imidazole rings is 2. The van der Waals surface area contributed by atoms with Gasteiger partial charge in [-0.3, -0.25) is 28.0 Å². The second-order valence-corrected chi connectivity index (χ2v) is 12.8. The smallest absolute Gasteiger partial charge is 0.756 e. The van der Waals surface area contributed by atoms with Crippen molar-refractivity contribution in [3.8, 4) is 0 Å². The van der Waals surface area contributed by atoms with E-state index in [1.54, 1.807) is 0 Å². The van der Waals surface area contributed by atoms with Crippen molar-refractivity contribution in [3.05, 3.63) is 29.3 Å². The molecule has 47 heavy (non-hydrogen) atoms. The molecule has 0 aromatic carbocycles. The van der Waals surface area contributed by atoms with Gasteiger partial charge in [0.1, 0.15) is 48.5 Å². The topological polar surface area (TPSA) is 335 Å². The van der Waals surface area contributed by atoms with Gasteiger partial charge in [0, 0.05) is 0 Å². The molecule has 3 fully saturated rings. The van der Waals surface area contributed by atoms with Gasteiger partial charge in [-0.15, -0.1) is 0 Å². The van der Waals surface area contributed by atoms with Crippen LogP contribution in [0.1, 0.15) is 12.5 Å². The van der Waals surface area contributed by atoms with E-state index in [1.807, 2.05) is 0 Å². The van der Waals surface area contributed by atoms with Crippen molar-refractivity contribution in [3.63, 3.8) is 0 Å². The normalized spacial score (nSPS) is 36.1. The minimum absolute atomic E-state index is 0. The largest absolute Gasteiger partial charge is 1.00 e. The number of fused-ring (bicyclic) bond motifs is 6. The molecule has 27 heteroatoms. The number of ether oxygens (including phenoxy) is 2. The zero-order valence-electron chi connectivity index (χ0n) is 24.3. The Labute approximate surface area is 305 Å². The van der Waals surface area contributed by atoms with Crippen molar-refractivity contribution < 1.29 is 116 Å². The summed E-state index contributed by atoms with van der Waals surface area (Å²) in [6, 6.07) is 0. The maximum Gasteiger partial charge on any atom is 1.00 e. The minimum atomic E-state index is -5.36. The first-order valence-corrected chi connectivity index (χ1v) is 15.8. The maximum atomic E-state index is 13.0. The number of nitrogens with zero attached hydrogens (tertiary/aromatic N) is 7. The van der Waals surface area contributed by atoms with Gasteiger partial charge in [0.2, 0.25) is 5.95 Å². The fraction of sp³-hybridized carbons (Fsp3) is 0.500. The number of H-pyrrole nitrogens is 1. The Morgan fingerprint density at radius 3 is 1.89 bits per heavy atom. The van der Waals surface area contributed by atoms with Gasteiger partial charge in [-0.1, -0.05) is 0 Å². The summed E-state index contributed by atoms with van der Waals surface area (Å²) in [6.07, 6.45) is -9.97. The zero-order chi connectivity index (χ0) is 31.8. The first-order chi connectivity index (χ1) is 21.3. The third-order valence-electron chi connectivity index (χ3n) is 7.31. The zero-order valence-corrected chi connectivity index (χ0v) is 30.1. The number of hydrogen-bond acceptors (Lipinski definition) is 20. The third kappa shape index (κ3) is 6.85. The number of hydrogen-bond donors (Lipinski definition) is 5. The summed E-state index contributed by atoms with van der Waals surface area (Å²) < 4.78 is 60.2. The van der Waals surface area contributed by atoms with Crippen molar-refractivity contribution in [2.75, 3.05) is 24.7 Å². The Morgan fingerprint density at radius 2 is 1.34 bits per heavy atom. The van der Waals surface area contributed by atoms with Crippen molar-refractivity contribution in [2.45, 2.75) is 49.1 Å². The summed E-state index contributed by atoms with van der Waals surface area (Å²) in [7, 11) is -10.7. The van der Waals surface area contributed by atoms with E-state index in [-0.39, 0.29) is 93.2 Å². The molecule has 0 aliphatic carbocycles. The van der Waals surface area contributed by atoms with E-state index in [4.69, 9.17) is 39.0 Å². The molecule has 23 nitrogen and oxygen atoms in total. The standard InChI is InChI=1S/C20H24N10O13P2.2Na/c21-14-8-15(24-3-23-14)29(4-25-8)18-12-10(31)6(40-18)1-38-45(36,37)43-13-11(32)7(2-39-44(34,35)42-12)41-19(13)30-5-26-9-16(30)27-20(22)28-17(9)33;;/h3-7,10-13,18-19,31-32H,1-2H2,(H,34,35)(H,36,37)(H2,21,23,24)(H3,22,27,28,33);;/q;2*+1/p-2/t6-,7-,10?,11?,12-,13-,18-,19-;;/m1../s1. The molecular weight excluding hydrogens is 696 g/mol. The van der Waals surface area contributed by atoms with Crippen LogP contribution < -0.4 is 85.9 Å². The molecule has 7 rings (SSSR count). The molecule has 4 unspecified atom stereocenters. The summed E-state index contributed by atoms with van der Waals surface area (Å²) in [4.78, 5) is 60.4. The number of aromatic amines is 1. The number of aromatic nitrogens is 8. The summed E-state index contributed by atoms with van der Waals surface area (Å²) >= 11 is 0. The van der Waals surface area contributed by atoms with Gasteiger partial charge in [0.05, 0.1) is 25.9 Å². The van der Waals surface area contributed by atoms with E-state index < -0.39 is 83.5 Å². The van der Waals surface area contributed by atoms with Gasteiger partial charge in [0.25, 0.3) is 21.2 Å². The van der Waals surface area contributed by atoms with Crippen LogP contribution in [0.5, 0.6) is 0 Å². The van der Waals surface area contributed by atoms with Gasteiger partial charge in [0.15, 0.2) is 35.1 Å². The van der Waals surface area contributed by atoms with E-state index in [1.165, 1.54) is 10.9 Å². The molecule has 10 atom stereocenters. The van der Waals surface area contributed by atoms with Gasteiger partial charge in [-0.05, 0) is 0 Å². The van der Waals surface area contributed by atoms with E-state index in [0.717, 1.165) is 17.2 Å². The average molecular weight is 718 g/mol. The fourth-order valence-corrected chi connectivity index (χ4v) is 7.10. The van der Waals surface area contributed by atoms with E-state index in [9.17, 15) is 33.9 Å². The van der Waals surface area contributed by atoms with Gasteiger partial charge >= 0.3 is 59.1 Å². The Bertz CT molecular complexity index is 1950. The molecule has 0 saturated carbocycles. The molecule has 4 aromatic heterocycles. The van der Waals surface area contributed by atoms with Crippen LogP contribution in [-0.2, 0) is 36.7 Å². The Morgan fingerprint density at radius 1 is 0.830 bits per heavy atom. The van der Waals surface area contributed by atoms with Crippen molar-refractivity contribution in [1.82, 2.24) is 39.0 Å². The van der Waals surface area contributed by atoms with Gasteiger partial charge in [-0.2, -0.15) is 4.98 Å². The second-order valence-electron chi connectivity index (χ2n) is 10.1. The number of anilines is 2. The number of aliphatic hydroxyl groups is 2. The van der Waals surface area contributed by atoms with Gasteiger partial charge in [-0.25, -0.2) is 19.9 Å². The van der Waals surface area contributed by atoms with Crippen molar-refractivity contribution >= 4 is 49.7 Å². The van der Waals surface area contributed by atoms with Crippen LogP contribution >= 0.6 is 15.6 Å². The quantitative estimate of drug-likeness (QED) is 0.0948. The molecule has 7 N–H and O–H groups in total. The first kappa shape index (κ1) is 36.8. The van der Waals surface area contributed by atoms with E-state index in [0.29, 0.717) is 0 Å². The van der Waals surface area contributed by atoms with E-state index in [2.05, 4.69) is 29.9 Å². The molecule has 0 spiro atoms. The molecule has 4 aromatic rings. The Balaban J connectivity index is 0.00000217. The van der Waals surface area contributed by atoms with Crippen LogP contribution in [0.25, 0.3) is 22.3 Å². The monoisotopic (exact) mass is 718 g/mol. The number of nitrogen functional groups attached to an aromatic ring is 2. The number of nitrogens with one attached hydrogen (secondary N) is 1. The molecule has 3 aliphatic heterocycles. The molecule has 0 radical (unpaired) electrons. The van der Waals surface area contributed by atoms with Crippen LogP contribution in [0.3, 0.4) is 0 Å². The second kappa shape index (κ2) is 13.7. The fourth-order valence-electron chi connectivity index (χ4n) is 5.26. The minimum Gasteiger partial charge on any atom is -0.756 e. The number of nitrogens with two attached hydrogens (primary N) is 2. The molecule has 3 aliphatic rings. The van der Waals surface area contributed by atoms with Crippen LogP contribution in [0.4, 0.5) is 11.8 Å². The van der Waals surface area contributed by atoms with Crippen molar-refractivity contribution in [1.29, 1.82) is 0 Å². The molecule has 242 valence electrons. The number of aliphatic hydroxyl groups excluding tert-OH is 2.